The van der Waals surface area contributed by atoms with Crippen LogP contribution in [0, 0.1) is 5.82 Å². The summed E-state index contributed by atoms with van der Waals surface area (Å²) >= 11 is 0. The normalized spacial score (nSPS) is 9.71. The maximum atomic E-state index is 12.7. The number of urea groups is 1. The Morgan fingerprint density at radius 2 is 2.18 bits per heavy atom. The molecule has 0 radical (unpaired) electrons. The number of carbonyl (C=O) groups is 2. The molecule has 0 bridgehead atoms. The molecule has 92 valence electrons. The number of aromatic nitrogens is 1. The molecule has 0 saturated carbocycles. The molecule has 1 aromatic rings. The highest BCUT2D eigenvalue weighted by Crippen LogP contribution is 2.05. The summed E-state index contributed by atoms with van der Waals surface area (Å²) < 4.78 is 12.7. The van der Waals surface area contributed by atoms with Crippen LogP contribution >= 0.6 is 0 Å². The predicted molar refractivity (Wildman–Crippen MR) is 58.1 cm³/mol. The monoisotopic (exact) mass is 241 g/mol. The number of rotatable bonds is 5. The van der Waals surface area contributed by atoms with Crippen molar-refractivity contribution in [3.63, 3.8) is 0 Å². The van der Waals surface area contributed by atoms with E-state index in [0.717, 1.165) is 12.3 Å². The topological polar surface area (TPSA) is 91.3 Å². The van der Waals surface area contributed by atoms with Crippen LogP contribution in [-0.4, -0.2) is 28.6 Å². The zero-order valence-corrected chi connectivity index (χ0v) is 8.94. The van der Waals surface area contributed by atoms with Crippen LogP contribution in [0.4, 0.5) is 14.9 Å². The fourth-order valence-electron chi connectivity index (χ4n) is 1.10. The van der Waals surface area contributed by atoms with E-state index < -0.39 is 17.8 Å². The highest BCUT2D eigenvalue weighted by atomic mass is 19.1. The van der Waals surface area contributed by atoms with Gasteiger partial charge in [0.15, 0.2) is 0 Å². The Balaban J connectivity index is 2.27. The van der Waals surface area contributed by atoms with Crippen molar-refractivity contribution < 1.29 is 19.1 Å². The van der Waals surface area contributed by atoms with Gasteiger partial charge in [-0.15, -0.1) is 0 Å². The van der Waals surface area contributed by atoms with Gasteiger partial charge in [-0.1, -0.05) is 0 Å². The average Bonchev–Trinajstić information content (AvgIpc) is 2.24. The summed E-state index contributed by atoms with van der Waals surface area (Å²) in [5.74, 6) is -1.46. The quantitative estimate of drug-likeness (QED) is 0.675. The second kappa shape index (κ2) is 6.41. The lowest BCUT2D eigenvalue weighted by Gasteiger charge is -2.06. The number of nitrogens with zero attached hydrogens (tertiary/aromatic N) is 1. The fraction of sp³-hybridized carbons (Fsp3) is 0.300. The zero-order chi connectivity index (χ0) is 12.7. The van der Waals surface area contributed by atoms with Crippen LogP contribution in [0.25, 0.3) is 0 Å². The number of carboxylic acids is 1. The molecule has 1 aromatic heterocycles. The Bertz CT molecular complexity index is 412. The molecule has 0 saturated heterocycles. The van der Waals surface area contributed by atoms with Gasteiger partial charge in [0.05, 0.1) is 18.1 Å². The molecule has 3 N–H and O–H groups in total. The summed E-state index contributed by atoms with van der Waals surface area (Å²) in [6, 6.07) is 0.604. The van der Waals surface area contributed by atoms with E-state index in [-0.39, 0.29) is 18.7 Å². The van der Waals surface area contributed by atoms with E-state index >= 15 is 0 Å². The van der Waals surface area contributed by atoms with Gasteiger partial charge in [-0.05, 0) is 6.42 Å². The van der Waals surface area contributed by atoms with Crippen molar-refractivity contribution in [3.05, 3.63) is 24.3 Å². The standard InChI is InChI=1S/C10H12FN3O3/c11-7-4-8(6-12-5-7)14-10(17)13-3-1-2-9(15)16/h4-6H,1-3H2,(H,15,16)(H2,13,14,17). The summed E-state index contributed by atoms with van der Waals surface area (Å²) in [6.07, 6.45) is 2.65. The third-order valence-corrected chi connectivity index (χ3v) is 1.82. The Labute approximate surface area is 96.9 Å². The molecule has 1 heterocycles. The summed E-state index contributed by atoms with van der Waals surface area (Å²) in [4.78, 5) is 25.0. The minimum Gasteiger partial charge on any atom is -0.481 e. The van der Waals surface area contributed by atoms with E-state index in [1.165, 1.54) is 6.20 Å². The molecule has 0 unspecified atom stereocenters. The SMILES string of the molecule is O=C(O)CCCNC(=O)Nc1cncc(F)c1. The van der Waals surface area contributed by atoms with Crippen molar-refractivity contribution in [1.29, 1.82) is 0 Å². The average molecular weight is 241 g/mol. The number of halogens is 1. The minimum atomic E-state index is -0.915. The lowest BCUT2D eigenvalue weighted by Crippen LogP contribution is -2.29. The number of pyridine rings is 1. The minimum absolute atomic E-state index is 0.0121. The molecule has 0 fully saturated rings. The van der Waals surface area contributed by atoms with E-state index in [9.17, 15) is 14.0 Å². The Hall–Kier alpha value is -2.18. The molecule has 0 aliphatic heterocycles. The van der Waals surface area contributed by atoms with Crippen LogP contribution in [0.15, 0.2) is 18.5 Å². The molecular formula is C10H12FN3O3. The first-order valence-corrected chi connectivity index (χ1v) is 4.95. The maximum Gasteiger partial charge on any atom is 0.319 e. The van der Waals surface area contributed by atoms with Crippen LogP contribution in [0.2, 0.25) is 0 Å². The first-order chi connectivity index (χ1) is 8.08. The molecule has 7 heteroatoms. The van der Waals surface area contributed by atoms with Gasteiger partial charge in [0.1, 0.15) is 5.82 Å². The largest absolute Gasteiger partial charge is 0.481 e. The molecule has 0 atom stereocenters. The van der Waals surface area contributed by atoms with Crippen molar-refractivity contribution in [2.45, 2.75) is 12.8 Å². The lowest BCUT2D eigenvalue weighted by molar-refractivity contribution is -0.137. The number of hydrogen-bond acceptors (Lipinski definition) is 3. The number of hydrogen-bond donors (Lipinski definition) is 3. The Morgan fingerprint density at radius 1 is 1.41 bits per heavy atom. The van der Waals surface area contributed by atoms with Gasteiger partial charge in [0.25, 0.3) is 0 Å². The lowest BCUT2D eigenvalue weighted by atomic mass is 10.3. The number of carboxylic acid groups (broad SMARTS) is 1. The van der Waals surface area contributed by atoms with E-state index in [1.54, 1.807) is 0 Å². The molecule has 0 aliphatic carbocycles. The Morgan fingerprint density at radius 3 is 2.82 bits per heavy atom. The molecule has 0 spiro atoms. The summed E-state index contributed by atoms with van der Waals surface area (Å²) in [5.41, 5.74) is 0.237. The zero-order valence-electron chi connectivity index (χ0n) is 8.94. The van der Waals surface area contributed by atoms with E-state index in [4.69, 9.17) is 5.11 Å². The van der Waals surface area contributed by atoms with Crippen LogP contribution in [0.1, 0.15) is 12.8 Å². The van der Waals surface area contributed by atoms with Gasteiger partial charge in [-0.2, -0.15) is 0 Å². The van der Waals surface area contributed by atoms with Gasteiger partial charge >= 0.3 is 12.0 Å². The number of amides is 2. The fourth-order valence-corrected chi connectivity index (χ4v) is 1.10. The molecule has 1 rings (SSSR count). The Kier molecular flexibility index (Phi) is 4.86. The number of carbonyl (C=O) groups excluding carboxylic acids is 1. The second-order valence-electron chi connectivity index (χ2n) is 3.27. The highest BCUT2D eigenvalue weighted by Gasteiger charge is 2.03. The first-order valence-electron chi connectivity index (χ1n) is 4.95. The third kappa shape index (κ3) is 5.45. The molecule has 0 aromatic carbocycles. The number of anilines is 1. The van der Waals surface area contributed by atoms with E-state index in [0.29, 0.717) is 6.42 Å². The highest BCUT2D eigenvalue weighted by molar-refractivity contribution is 5.88. The van der Waals surface area contributed by atoms with Gasteiger partial charge in [0.2, 0.25) is 0 Å². The number of aliphatic carboxylic acids is 1. The van der Waals surface area contributed by atoms with Crippen molar-refractivity contribution in [1.82, 2.24) is 10.3 Å². The molecular weight excluding hydrogens is 229 g/mol. The summed E-state index contributed by atoms with van der Waals surface area (Å²) in [7, 11) is 0. The summed E-state index contributed by atoms with van der Waals surface area (Å²) in [6.45, 7) is 0.237. The van der Waals surface area contributed by atoms with Crippen LogP contribution in [-0.2, 0) is 4.79 Å². The van der Waals surface area contributed by atoms with Gasteiger partial charge < -0.3 is 15.7 Å². The van der Waals surface area contributed by atoms with Crippen LogP contribution in [0.5, 0.6) is 0 Å². The van der Waals surface area contributed by atoms with Crippen molar-refractivity contribution in [3.8, 4) is 0 Å². The van der Waals surface area contributed by atoms with Crippen molar-refractivity contribution >= 4 is 17.7 Å². The molecule has 0 aliphatic rings. The van der Waals surface area contributed by atoms with E-state index in [2.05, 4.69) is 15.6 Å². The summed E-state index contributed by atoms with van der Waals surface area (Å²) in [5, 5.41) is 13.2. The molecule has 2 amide bonds. The maximum absolute atomic E-state index is 12.7. The first kappa shape index (κ1) is 12.9. The smallest absolute Gasteiger partial charge is 0.319 e. The van der Waals surface area contributed by atoms with Crippen LogP contribution < -0.4 is 10.6 Å². The van der Waals surface area contributed by atoms with Gasteiger partial charge in [-0.3, -0.25) is 9.78 Å². The van der Waals surface area contributed by atoms with Gasteiger partial charge in [-0.25, -0.2) is 9.18 Å². The van der Waals surface area contributed by atoms with Crippen molar-refractivity contribution in [2.75, 3.05) is 11.9 Å². The molecule has 6 nitrogen and oxygen atoms in total. The van der Waals surface area contributed by atoms with E-state index in [1.807, 2.05) is 0 Å². The number of nitrogens with one attached hydrogen (secondary N) is 2. The van der Waals surface area contributed by atoms with Crippen molar-refractivity contribution in [2.24, 2.45) is 0 Å². The third-order valence-electron chi connectivity index (χ3n) is 1.82. The van der Waals surface area contributed by atoms with Gasteiger partial charge in [0, 0.05) is 19.0 Å². The molecule has 17 heavy (non-hydrogen) atoms. The predicted octanol–water partition coefficient (Wildman–Crippen LogP) is 1.21. The van der Waals surface area contributed by atoms with Crippen LogP contribution in [0.3, 0.4) is 0 Å². The second-order valence-corrected chi connectivity index (χ2v) is 3.27.